The predicted molar refractivity (Wildman–Crippen MR) is 104 cm³/mol. The molecule has 0 amide bonds. The monoisotopic (exact) mass is 404 g/mol. The quantitative estimate of drug-likeness (QED) is 0.738. The molecule has 1 N–H and O–H groups in total. The molecule has 9 atom stereocenters. The highest BCUT2D eigenvalue weighted by Crippen LogP contribution is 2.60. The minimum atomic E-state index is -0.773. The molecule has 6 heteroatoms. The molecule has 0 radical (unpaired) electrons. The Balaban J connectivity index is 1.43. The van der Waals surface area contributed by atoms with Crippen molar-refractivity contribution in [2.24, 2.45) is 23.7 Å². The zero-order chi connectivity index (χ0) is 20.4. The minimum absolute atomic E-state index is 0.149. The lowest BCUT2D eigenvalue weighted by Gasteiger charge is -2.60. The molecular formula is C23H32O6. The molecular weight excluding hydrogens is 372 g/mol. The number of phenolic OH excluding ortho intramolecular Hbond substituents is 1. The molecule has 29 heavy (non-hydrogen) atoms. The maximum atomic E-state index is 9.55. The van der Waals surface area contributed by atoms with Gasteiger partial charge in [-0.3, -0.25) is 0 Å². The molecule has 1 aliphatic carbocycles. The van der Waals surface area contributed by atoms with Crippen molar-refractivity contribution < 1.29 is 29.1 Å². The lowest BCUT2D eigenvalue weighted by atomic mass is 9.58. The summed E-state index contributed by atoms with van der Waals surface area (Å²) >= 11 is 0. The summed E-state index contributed by atoms with van der Waals surface area (Å²) in [7, 11) is 0. The molecule has 5 aliphatic rings. The number of ether oxygens (including phenoxy) is 3. The van der Waals surface area contributed by atoms with E-state index in [0.717, 1.165) is 24.8 Å². The first-order valence-electron chi connectivity index (χ1n) is 11.0. The molecule has 1 saturated carbocycles. The molecule has 0 aromatic heterocycles. The first-order chi connectivity index (χ1) is 13.8. The van der Waals surface area contributed by atoms with Crippen molar-refractivity contribution >= 4 is 0 Å². The van der Waals surface area contributed by atoms with Crippen LogP contribution >= 0.6 is 0 Å². The topological polar surface area (TPSA) is 66.4 Å². The number of fused-ring (bicyclic) bond motifs is 2. The summed E-state index contributed by atoms with van der Waals surface area (Å²) in [5.41, 5.74) is 0.443. The van der Waals surface area contributed by atoms with Gasteiger partial charge in [0.1, 0.15) is 5.75 Å². The number of phenols is 1. The van der Waals surface area contributed by atoms with Gasteiger partial charge in [-0.1, -0.05) is 26.0 Å². The lowest BCUT2D eigenvalue weighted by molar-refractivity contribution is -0.578. The Hall–Kier alpha value is -1.18. The molecule has 4 saturated heterocycles. The van der Waals surface area contributed by atoms with E-state index in [1.54, 1.807) is 12.1 Å². The Bertz CT molecular complexity index is 752. The van der Waals surface area contributed by atoms with E-state index >= 15 is 0 Å². The van der Waals surface area contributed by atoms with Crippen LogP contribution in [0, 0.1) is 23.7 Å². The molecule has 2 bridgehead atoms. The Morgan fingerprint density at radius 2 is 1.83 bits per heavy atom. The van der Waals surface area contributed by atoms with Crippen molar-refractivity contribution in [1.29, 1.82) is 0 Å². The Kier molecular flexibility index (Phi) is 4.72. The number of hydrogen-bond acceptors (Lipinski definition) is 6. The first-order valence-corrected chi connectivity index (χ1v) is 11.0. The van der Waals surface area contributed by atoms with Crippen LogP contribution in [0.3, 0.4) is 0 Å². The van der Waals surface area contributed by atoms with Crippen LogP contribution in [-0.2, 0) is 24.0 Å². The van der Waals surface area contributed by atoms with Crippen molar-refractivity contribution in [3.63, 3.8) is 0 Å². The highest BCUT2D eigenvalue weighted by Gasteiger charge is 2.69. The van der Waals surface area contributed by atoms with E-state index in [0.29, 0.717) is 11.8 Å². The third-order valence-corrected chi connectivity index (χ3v) is 7.80. The van der Waals surface area contributed by atoms with Crippen LogP contribution < -0.4 is 0 Å². The van der Waals surface area contributed by atoms with Gasteiger partial charge in [-0.25, -0.2) is 9.78 Å². The van der Waals surface area contributed by atoms with Gasteiger partial charge in [0.2, 0.25) is 5.79 Å². The first kappa shape index (κ1) is 19.8. The Morgan fingerprint density at radius 3 is 2.59 bits per heavy atom. The van der Waals surface area contributed by atoms with Crippen molar-refractivity contribution in [3.05, 3.63) is 29.8 Å². The fourth-order valence-corrected chi connectivity index (χ4v) is 6.05. The van der Waals surface area contributed by atoms with Crippen LogP contribution in [0.15, 0.2) is 24.3 Å². The molecule has 4 aliphatic heterocycles. The highest BCUT2D eigenvalue weighted by molar-refractivity contribution is 5.27. The molecule has 6 nitrogen and oxygen atoms in total. The lowest BCUT2D eigenvalue weighted by Crippen LogP contribution is -2.70. The second-order valence-corrected chi connectivity index (χ2v) is 9.64. The van der Waals surface area contributed by atoms with E-state index in [4.69, 9.17) is 24.0 Å². The summed E-state index contributed by atoms with van der Waals surface area (Å²) in [5.74, 6) is 0.781. The Labute approximate surface area is 172 Å². The summed E-state index contributed by atoms with van der Waals surface area (Å²) < 4.78 is 19.2. The fraction of sp³-hybridized carbons (Fsp3) is 0.739. The number of rotatable bonds is 3. The summed E-state index contributed by atoms with van der Waals surface area (Å²) in [6.45, 7) is 8.46. The second kappa shape index (κ2) is 6.92. The van der Waals surface area contributed by atoms with Crippen LogP contribution in [-0.4, -0.2) is 29.1 Å². The summed E-state index contributed by atoms with van der Waals surface area (Å²) in [6.07, 6.45) is 3.02. The van der Waals surface area contributed by atoms with Gasteiger partial charge < -0.3 is 19.3 Å². The SMILES string of the molecule is CC(O[C@H]1O[C@@H]2O[C@]3(C)CCC4[C@H](C)CCC([C@H]1C)[C@]42OO3)c1ccc(O)cc1. The fourth-order valence-electron chi connectivity index (χ4n) is 6.05. The number of aromatic hydroxyl groups is 1. The smallest absolute Gasteiger partial charge is 0.201 e. The van der Waals surface area contributed by atoms with Gasteiger partial charge in [-0.15, -0.1) is 0 Å². The molecule has 6 rings (SSSR count). The molecule has 1 spiro atoms. The van der Waals surface area contributed by atoms with Gasteiger partial charge >= 0.3 is 0 Å². The van der Waals surface area contributed by atoms with Crippen molar-refractivity contribution in [3.8, 4) is 5.75 Å². The number of benzene rings is 1. The van der Waals surface area contributed by atoms with Crippen molar-refractivity contribution in [1.82, 2.24) is 0 Å². The summed E-state index contributed by atoms with van der Waals surface area (Å²) in [4.78, 5) is 12.0. The third kappa shape index (κ3) is 3.03. The van der Waals surface area contributed by atoms with E-state index in [-0.39, 0.29) is 30.0 Å². The maximum Gasteiger partial charge on any atom is 0.201 e. The van der Waals surface area contributed by atoms with Crippen molar-refractivity contribution in [2.45, 2.75) is 83.5 Å². The third-order valence-electron chi connectivity index (χ3n) is 7.80. The van der Waals surface area contributed by atoms with E-state index in [1.807, 2.05) is 26.0 Å². The molecule has 1 aromatic carbocycles. The molecule has 5 fully saturated rings. The molecule has 160 valence electrons. The predicted octanol–water partition coefficient (Wildman–Crippen LogP) is 4.68. The van der Waals surface area contributed by atoms with E-state index in [2.05, 4.69) is 13.8 Å². The van der Waals surface area contributed by atoms with Crippen LogP contribution in [0.2, 0.25) is 0 Å². The highest BCUT2D eigenvalue weighted by atomic mass is 17.3. The molecule has 3 unspecified atom stereocenters. The number of hydrogen-bond donors (Lipinski definition) is 1. The summed E-state index contributed by atoms with van der Waals surface area (Å²) in [5, 5.41) is 9.55. The van der Waals surface area contributed by atoms with Crippen LogP contribution in [0.5, 0.6) is 5.75 Å². The van der Waals surface area contributed by atoms with Gasteiger partial charge in [0, 0.05) is 18.3 Å². The largest absolute Gasteiger partial charge is 0.508 e. The van der Waals surface area contributed by atoms with Gasteiger partial charge in [-0.05, 0) is 62.6 Å². The minimum Gasteiger partial charge on any atom is -0.508 e. The summed E-state index contributed by atoms with van der Waals surface area (Å²) in [6, 6.07) is 7.13. The second-order valence-electron chi connectivity index (χ2n) is 9.64. The van der Waals surface area contributed by atoms with E-state index in [1.165, 1.54) is 6.42 Å². The van der Waals surface area contributed by atoms with Crippen molar-refractivity contribution in [2.75, 3.05) is 0 Å². The molecule has 4 heterocycles. The van der Waals surface area contributed by atoms with Crippen LogP contribution in [0.4, 0.5) is 0 Å². The Morgan fingerprint density at radius 1 is 1.07 bits per heavy atom. The van der Waals surface area contributed by atoms with Gasteiger partial charge in [0.25, 0.3) is 0 Å². The maximum absolute atomic E-state index is 9.55. The van der Waals surface area contributed by atoms with Gasteiger partial charge in [0.05, 0.1) is 6.10 Å². The molecule has 1 aromatic rings. The van der Waals surface area contributed by atoms with E-state index < -0.39 is 17.7 Å². The van der Waals surface area contributed by atoms with Gasteiger partial charge in [-0.2, -0.15) is 0 Å². The average molecular weight is 405 g/mol. The average Bonchev–Trinajstić information content (AvgIpc) is 2.92. The van der Waals surface area contributed by atoms with Gasteiger partial charge in [0.15, 0.2) is 18.2 Å². The zero-order valence-electron chi connectivity index (χ0n) is 17.7. The van der Waals surface area contributed by atoms with Crippen LogP contribution in [0.1, 0.15) is 65.0 Å². The zero-order valence-corrected chi connectivity index (χ0v) is 17.7. The van der Waals surface area contributed by atoms with E-state index in [9.17, 15) is 5.11 Å². The standard InChI is InChI=1S/C23H32O6/c1-13-5-10-19-14(2)20(25-15(3)16-6-8-17(24)9-7-16)26-21-23(19)18(13)11-12-22(4,27-21)28-29-23/h6-9,13-15,18-21,24H,5,10-12H2,1-4H3/t13-,14-,15?,18?,19?,20+,21-,22+,23-/m1/s1. The van der Waals surface area contributed by atoms with Crippen LogP contribution in [0.25, 0.3) is 0 Å². The normalized spacial score (nSPS) is 47.3.